The van der Waals surface area contributed by atoms with E-state index in [1.54, 1.807) is 0 Å². The van der Waals surface area contributed by atoms with E-state index >= 15 is 0 Å². The Hall–Kier alpha value is -0.160. The van der Waals surface area contributed by atoms with Crippen LogP contribution in [0, 0.1) is 5.41 Å². The first-order chi connectivity index (χ1) is 9.23. The molecule has 0 radical (unpaired) electrons. The molecule has 0 spiro atoms. The first-order valence-corrected chi connectivity index (χ1v) is 7.97. The van der Waals surface area contributed by atoms with Crippen LogP contribution in [0.4, 0.5) is 0 Å². The summed E-state index contributed by atoms with van der Waals surface area (Å²) in [6.45, 7) is 13.0. The summed E-state index contributed by atoms with van der Waals surface area (Å²) in [7, 11) is 0. The summed E-state index contributed by atoms with van der Waals surface area (Å²) >= 11 is 0. The second-order valence-corrected chi connectivity index (χ2v) is 6.26. The van der Waals surface area contributed by atoms with Crippen molar-refractivity contribution in [3.63, 3.8) is 0 Å². The van der Waals surface area contributed by atoms with E-state index in [9.17, 15) is 0 Å². The van der Waals surface area contributed by atoms with Gasteiger partial charge in [-0.15, -0.1) is 0 Å². The first kappa shape index (κ1) is 15.2. The monoisotopic (exact) mass is 269 g/mol. The van der Waals surface area contributed by atoms with Crippen LogP contribution in [0.1, 0.15) is 33.1 Å². The van der Waals surface area contributed by atoms with Crippen molar-refractivity contribution in [2.75, 3.05) is 52.5 Å². The Kier molecular flexibility index (Phi) is 5.63. The maximum atomic E-state index is 6.05. The molecule has 2 aliphatic rings. The molecule has 0 aromatic carbocycles. The number of nitrogens with two attached hydrogens (primary N) is 1. The van der Waals surface area contributed by atoms with E-state index in [4.69, 9.17) is 10.5 Å². The molecule has 0 saturated carbocycles. The number of nitrogens with zero attached hydrogens (tertiary/aromatic N) is 2. The molecule has 2 rings (SSSR count). The van der Waals surface area contributed by atoms with Crippen LogP contribution in [0.3, 0.4) is 0 Å². The molecule has 0 aliphatic carbocycles. The lowest BCUT2D eigenvalue weighted by Crippen LogP contribution is -2.48. The van der Waals surface area contributed by atoms with E-state index in [0.717, 1.165) is 32.3 Å². The molecule has 112 valence electrons. The zero-order valence-electron chi connectivity index (χ0n) is 12.7. The van der Waals surface area contributed by atoms with Crippen LogP contribution in [0.25, 0.3) is 0 Å². The summed E-state index contributed by atoms with van der Waals surface area (Å²) in [6, 6.07) is 0.745. The maximum Gasteiger partial charge on any atom is 0.0546 e. The van der Waals surface area contributed by atoms with Crippen molar-refractivity contribution in [2.24, 2.45) is 11.1 Å². The fourth-order valence-electron chi connectivity index (χ4n) is 3.73. The molecule has 0 bridgehead atoms. The van der Waals surface area contributed by atoms with Gasteiger partial charge < -0.3 is 15.4 Å². The Morgan fingerprint density at radius 3 is 2.74 bits per heavy atom. The first-order valence-electron chi connectivity index (χ1n) is 7.97. The summed E-state index contributed by atoms with van der Waals surface area (Å²) in [5.74, 6) is 0. The Balaban J connectivity index is 1.86. The van der Waals surface area contributed by atoms with E-state index in [1.165, 1.54) is 45.4 Å². The highest BCUT2D eigenvalue weighted by molar-refractivity contribution is 4.90. The van der Waals surface area contributed by atoms with Gasteiger partial charge in [-0.2, -0.15) is 0 Å². The van der Waals surface area contributed by atoms with Gasteiger partial charge in [-0.1, -0.05) is 13.8 Å². The Morgan fingerprint density at radius 1 is 1.37 bits per heavy atom. The van der Waals surface area contributed by atoms with Crippen LogP contribution >= 0.6 is 0 Å². The van der Waals surface area contributed by atoms with Gasteiger partial charge in [0.05, 0.1) is 6.61 Å². The van der Waals surface area contributed by atoms with Gasteiger partial charge in [-0.05, 0) is 38.9 Å². The molecule has 2 saturated heterocycles. The lowest BCUT2D eigenvalue weighted by Gasteiger charge is -2.39. The van der Waals surface area contributed by atoms with Gasteiger partial charge in [0.25, 0.3) is 0 Å². The molecule has 2 fully saturated rings. The van der Waals surface area contributed by atoms with E-state index < -0.39 is 0 Å². The highest BCUT2D eigenvalue weighted by Crippen LogP contribution is 2.30. The van der Waals surface area contributed by atoms with Crippen LogP contribution in [-0.4, -0.2) is 68.3 Å². The predicted molar refractivity (Wildman–Crippen MR) is 79.3 cm³/mol. The number of hydrogen-bond acceptors (Lipinski definition) is 4. The topological polar surface area (TPSA) is 41.7 Å². The summed E-state index contributed by atoms with van der Waals surface area (Å²) in [4.78, 5) is 5.21. The molecule has 2 heterocycles. The summed E-state index contributed by atoms with van der Waals surface area (Å²) in [5, 5.41) is 0. The number of likely N-dealkylation sites (N-methyl/N-ethyl adjacent to an activating group) is 1. The third-order valence-electron chi connectivity index (χ3n) is 4.97. The van der Waals surface area contributed by atoms with Gasteiger partial charge in [0, 0.05) is 37.7 Å². The molecule has 2 N–H and O–H groups in total. The molecule has 4 heteroatoms. The summed E-state index contributed by atoms with van der Waals surface area (Å²) < 4.78 is 5.69. The van der Waals surface area contributed by atoms with Crippen molar-refractivity contribution < 1.29 is 4.74 Å². The van der Waals surface area contributed by atoms with Gasteiger partial charge in [-0.25, -0.2) is 0 Å². The third kappa shape index (κ3) is 3.69. The van der Waals surface area contributed by atoms with Gasteiger partial charge >= 0.3 is 0 Å². The standard InChI is InChI=1S/C15H31N3O/c1-3-18(4-2)14-6-8-17(10-14)12-15(11-16)7-5-9-19-13-15/h14H,3-13,16H2,1-2H3. The van der Waals surface area contributed by atoms with Gasteiger partial charge in [0.15, 0.2) is 0 Å². The largest absolute Gasteiger partial charge is 0.381 e. The highest BCUT2D eigenvalue weighted by Gasteiger charge is 2.36. The minimum Gasteiger partial charge on any atom is -0.381 e. The van der Waals surface area contributed by atoms with Crippen molar-refractivity contribution in [2.45, 2.75) is 39.2 Å². The maximum absolute atomic E-state index is 6.05. The van der Waals surface area contributed by atoms with Crippen LogP contribution in [0.2, 0.25) is 0 Å². The van der Waals surface area contributed by atoms with Crippen molar-refractivity contribution in [1.29, 1.82) is 0 Å². The van der Waals surface area contributed by atoms with Gasteiger partial charge in [0.1, 0.15) is 0 Å². The van der Waals surface area contributed by atoms with Crippen molar-refractivity contribution >= 4 is 0 Å². The van der Waals surface area contributed by atoms with Crippen LogP contribution in [-0.2, 0) is 4.74 Å². The molecular formula is C15H31N3O. The second-order valence-electron chi connectivity index (χ2n) is 6.26. The normalized spacial score (nSPS) is 33.2. The number of hydrogen-bond donors (Lipinski definition) is 1. The van der Waals surface area contributed by atoms with E-state index in [0.29, 0.717) is 0 Å². The molecule has 2 atom stereocenters. The van der Waals surface area contributed by atoms with E-state index in [2.05, 4.69) is 23.6 Å². The van der Waals surface area contributed by atoms with Gasteiger partial charge in [0.2, 0.25) is 0 Å². The molecule has 0 aromatic rings. The number of likely N-dealkylation sites (tertiary alicyclic amines) is 1. The SMILES string of the molecule is CCN(CC)C1CCN(CC2(CN)CCCOC2)C1. The Morgan fingerprint density at radius 2 is 2.16 bits per heavy atom. The lowest BCUT2D eigenvalue weighted by molar-refractivity contribution is -0.0194. The number of rotatable bonds is 6. The van der Waals surface area contributed by atoms with Crippen molar-refractivity contribution in [3.05, 3.63) is 0 Å². The summed E-state index contributed by atoms with van der Waals surface area (Å²) in [5.41, 5.74) is 6.26. The average Bonchev–Trinajstić information content (AvgIpc) is 2.89. The molecule has 2 unspecified atom stereocenters. The van der Waals surface area contributed by atoms with Crippen LogP contribution in [0.5, 0.6) is 0 Å². The average molecular weight is 269 g/mol. The zero-order valence-corrected chi connectivity index (χ0v) is 12.7. The fourth-order valence-corrected chi connectivity index (χ4v) is 3.73. The molecule has 19 heavy (non-hydrogen) atoms. The molecule has 0 aromatic heterocycles. The lowest BCUT2D eigenvalue weighted by atomic mass is 9.82. The van der Waals surface area contributed by atoms with E-state index in [1.807, 2.05) is 0 Å². The minimum absolute atomic E-state index is 0.219. The highest BCUT2D eigenvalue weighted by atomic mass is 16.5. The molecule has 4 nitrogen and oxygen atoms in total. The summed E-state index contributed by atoms with van der Waals surface area (Å²) in [6.07, 6.45) is 3.71. The Labute approximate surface area is 118 Å². The zero-order chi connectivity index (χ0) is 13.7. The predicted octanol–water partition coefficient (Wildman–Crippen LogP) is 1.16. The van der Waals surface area contributed by atoms with Crippen molar-refractivity contribution in [1.82, 2.24) is 9.80 Å². The van der Waals surface area contributed by atoms with Crippen molar-refractivity contribution in [3.8, 4) is 0 Å². The Bertz CT molecular complexity index is 262. The minimum atomic E-state index is 0.219. The van der Waals surface area contributed by atoms with Gasteiger partial charge in [-0.3, -0.25) is 4.90 Å². The second kappa shape index (κ2) is 7.02. The van der Waals surface area contributed by atoms with Crippen LogP contribution in [0.15, 0.2) is 0 Å². The molecule has 2 aliphatic heterocycles. The smallest absolute Gasteiger partial charge is 0.0546 e. The van der Waals surface area contributed by atoms with E-state index in [-0.39, 0.29) is 5.41 Å². The quantitative estimate of drug-likeness (QED) is 0.786. The number of ether oxygens (including phenoxy) is 1. The molecule has 0 amide bonds. The molecular weight excluding hydrogens is 238 g/mol. The fraction of sp³-hybridized carbons (Fsp3) is 1.00. The third-order valence-corrected chi connectivity index (χ3v) is 4.97. The van der Waals surface area contributed by atoms with Crippen LogP contribution < -0.4 is 5.73 Å².